The van der Waals surface area contributed by atoms with E-state index in [1.54, 1.807) is 23.7 Å². The zero-order chi connectivity index (χ0) is 14.7. The van der Waals surface area contributed by atoms with Crippen LogP contribution in [-0.4, -0.2) is 21.7 Å². The Labute approximate surface area is 128 Å². The number of nitrogens with two attached hydrogens (primary N) is 1. The monoisotopic (exact) mass is 312 g/mol. The number of benzene rings is 1. The summed E-state index contributed by atoms with van der Waals surface area (Å²) in [4.78, 5) is 11.4. The smallest absolute Gasteiger partial charge is 0.236 e. The molecule has 2 rings (SSSR count). The van der Waals surface area contributed by atoms with E-state index < -0.39 is 6.04 Å². The van der Waals surface area contributed by atoms with Crippen molar-refractivity contribution < 1.29 is 9.18 Å². The SMILES string of the molecule is Cc1nn(-c2ccc(F)cc2)cc1CNC(=O)[C@@H](C)N.Cl. The summed E-state index contributed by atoms with van der Waals surface area (Å²) in [6.45, 7) is 3.85. The minimum absolute atomic E-state index is 0. The average molecular weight is 313 g/mol. The van der Waals surface area contributed by atoms with Gasteiger partial charge in [-0.05, 0) is 38.1 Å². The van der Waals surface area contributed by atoms with Crippen molar-refractivity contribution >= 4 is 18.3 Å². The van der Waals surface area contributed by atoms with Crippen LogP contribution in [0, 0.1) is 12.7 Å². The van der Waals surface area contributed by atoms with E-state index in [-0.39, 0.29) is 24.1 Å². The first kappa shape index (κ1) is 17.1. The van der Waals surface area contributed by atoms with Crippen LogP contribution in [-0.2, 0) is 11.3 Å². The van der Waals surface area contributed by atoms with Gasteiger partial charge < -0.3 is 11.1 Å². The number of hydrogen-bond donors (Lipinski definition) is 2. The van der Waals surface area contributed by atoms with Crippen LogP contribution in [0.5, 0.6) is 0 Å². The number of halogens is 2. The molecule has 0 aliphatic rings. The second kappa shape index (κ2) is 7.19. The van der Waals surface area contributed by atoms with Crippen molar-refractivity contribution in [2.24, 2.45) is 5.73 Å². The largest absolute Gasteiger partial charge is 0.351 e. The van der Waals surface area contributed by atoms with Crippen molar-refractivity contribution in [3.8, 4) is 5.69 Å². The molecule has 5 nitrogen and oxygen atoms in total. The molecular formula is C14H18ClFN4O. The zero-order valence-electron chi connectivity index (χ0n) is 11.8. The van der Waals surface area contributed by atoms with E-state index in [1.807, 2.05) is 13.1 Å². The number of nitrogens with one attached hydrogen (secondary N) is 1. The van der Waals surface area contributed by atoms with Crippen LogP contribution in [0.2, 0.25) is 0 Å². The molecule has 1 aromatic heterocycles. The van der Waals surface area contributed by atoms with Crippen molar-refractivity contribution in [2.45, 2.75) is 26.4 Å². The second-order valence-electron chi connectivity index (χ2n) is 4.67. The van der Waals surface area contributed by atoms with Crippen molar-refractivity contribution in [3.63, 3.8) is 0 Å². The Hall–Kier alpha value is -1.92. The van der Waals surface area contributed by atoms with E-state index >= 15 is 0 Å². The lowest BCUT2D eigenvalue weighted by atomic mass is 10.2. The molecule has 1 amide bonds. The Morgan fingerprint density at radius 3 is 2.62 bits per heavy atom. The maximum absolute atomic E-state index is 12.9. The Kier molecular flexibility index (Phi) is 5.87. The molecular weight excluding hydrogens is 295 g/mol. The molecule has 0 saturated carbocycles. The molecule has 0 aliphatic heterocycles. The van der Waals surface area contributed by atoms with Gasteiger partial charge in [-0.1, -0.05) is 0 Å². The first-order valence-corrected chi connectivity index (χ1v) is 6.32. The lowest BCUT2D eigenvalue weighted by molar-refractivity contribution is -0.122. The number of carbonyl (C=O) groups excluding carboxylic acids is 1. The third-order valence-corrected chi connectivity index (χ3v) is 2.96. The van der Waals surface area contributed by atoms with Gasteiger partial charge in [0.25, 0.3) is 0 Å². The molecule has 2 aromatic rings. The van der Waals surface area contributed by atoms with Crippen molar-refractivity contribution in [1.29, 1.82) is 0 Å². The number of amides is 1. The molecule has 0 bridgehead atoms. The molecule has 7 heteroatoms. The number of hydrogen-bond acceptors (Lipinski definition) is 3. The lowest BCUT2D eigenvalue weighted by Gasteiger charge is -2.06. The van der Waals surface area contributed by atoms with Crippen LogP contribution >= 0.6 is 12.4 Å². The Bertz CT molecular complexity index is 610. The molecule has 0 spiro atoms. The normalized spacial score (nSPS) is 11.6. The van der Waals surface area contributed by atoms with Gasteiger partial charge in [-0.2, -0.15) is 5.10 Å². The number of rotatable bonds is 4. The van der Waals surface area contributed by atoms with Crippen LogP contribution < -0.4 is 11.1 Å². The fourth-order valence-corrected chi connectivity index (χ4v) is 1.74. The number of nitrogens with zero attached hydrogens (tertiary/aromatic N) is 2. The highest BCUT2D eigenvalue weighted by molar-refractivity contribution is 5.85. The number of aromatic nitrogens is 2. The van der Waals surface area contributed by atoms with Crippen LogP contribution in [0.15, 0.2) is 30.5 Å². The summed E-state index contributed by atoms with van der Waals surface area (Å²) in [5.41, 5.74) is 7.94. The summed E-state index contributed by atoms with van der Waals surface area (Å²) in [5, 5.41) is 7.08. The van der Waals surface area contributed by atoms with E-state index in [1.165, 1.54) is 12.1 Å². The molecule has 114 valence electrons. The maximum Gasteiger partial charge on any atom is 0.236 e. The van der Waals surface area contributed by atoms with Crippen LogP contribution in [0.3, 0.4) is 0 Å². The lowest BCUT2D eigenvalue weighted by Crippen LogP contribution is -2.37. The summed E-state index contributed by atoms with van der Waals surface area (Å²) < 4.78 is 14.5. The van der Waals surface area contributed by atoms with Crippen LogP contribution in [0.25, 0.3) is 5.69 Å². The second-order valence-corrected chi connectivity index (χ2v) is 4.67. The third-order valence-electron chi connectivity index (χ3n) is 2.96. The summed E-state index contributed by atoms with van der Waals surface area (Å²) in [6, 6.07) is 5.51. The van der Waals surface area contributed by atoms with Crippen molar-refractivity contribution in [3.05, 3.63) is 47.5 Å². The highest BCUT2D eigenvalue weighted by atomic mass is 35.5. The van der Waals surface area contributed by atoms with Gasteiger partial charge in [0.05, 0.1) is 17.4 Å². The van der Waals surface area contributed by atoms with Gasteiger partial charge in [-0.25, -0.2) is 9.07 Å². The standard InChI is InChI=1S/C14H17FN4O.ClH/c1-9(16)14(20)17-7-11-8-19(18-10(11)2)13-5-3-12(15)4-6-13;/h3-6,8-9H,7,16H2,1-2H3,(H,17,20);1H/t9-;/m1./s1. The number of aryl methyl sites for hydroxylation is 1. The van der Waals surface area contributed by atoms with E-state index in [9.17, 15) is 9.18 Å². The molecule has 1 atom stereocenters. The molecule has 0 unspecified atom stereocenters. The van der Waals surface area contributed by atoms with Crippen LogP contribution in [0.4, 0.5) is 4.39 Å². The Morgan fingerprint density at radius 2 is 2.05 bits per heavy atom. The van der Waals surface area contributed by atoms with E-state index in [4.69, 9.17) is 5.73 Å². The van der Waals surface area contributed by atoms with Gasteiger partial charge in [0.2, 0.25) is 5.91 Å². The predicted molar refractivity (Wildman–Crippen MR) is 81.0 cm³/mol. The molecule has 0 saturated heterocycles. The predicted octanol–water partition coefficient (Wildman–Crippen LogP) is 1.71. The number of carbonyl (C=O) groups is 1. The van der Waals surface area contributed by atoms with Gasteiger partial charge in [-0.3, -0.25) is 4.79 Å². The van der Waals surface area contributed by atoms with Crippen LogP contribution in [0.1, 0.15) is 18.2 Å². The summed E-state index contributed by atoms with van der Waals surface area (Å²) in [7, 11) is 0. The highest BCUT2D eigenvalue weighted by Gasteiger charge is 2.10. The average Bonchev–Trinajstić information content (AvgIpc) is 2.78. The van der Waals surface area contributed by atoms with Gasteiger partial charge in [0.15, 0.2) is 0 Å². The molecule has 1 heterocycles. The topological polar surface area (TPSA) is 72.9 Å². The Balaban J connectivity index is 0.00000220. The molecule has 21 heavy (non-hydrogen) atoms. The van der Waals surface area contributed by atoms with Gasteiger partial charge in [0, 0.05) is 18.3 Å². The highest BCUT2D eigenvalue weighted by Crippen LogP contribution is 2.12. The van der Waals surface area contributed by atoms with Gasteiger partial charge in [0.1, 0.15) is 5.82 Å². The van der Waals surface area contributed by atoms with E-state index in [0.717, 1.165) is 16.9 Å². The summed E-state index contributed by atoms with van der Waals surface area (Å²) in [5.74, 6) is -0.499. The minimum atomic E-state index is -0.539. The fraction of sp³-hybridized carbons (Fsp3) is 0.286. The third kappa shape index (κ3) is 4.27. The zero-order valence-corrected chi connectivity index (χ0v) is 12.7. The van der Waals surface area contributed by atoms with E-state index in [0.29, 0.717) is 6.54 Å². The first-order chi connectivity index (χ1) is 9.47. The summed E-state index contributed by atoms with van der Waals surface area (Å²) >= 11 is 0. The summed E-state index contributed by atoms with van der Waals surface area (Å²) in [6.07, 6.45) is 1.81. The fourth-order valence-electron chi connectivity index (χ4n) is 1.74. The molecule has 0 aliphatic carbocycles. The van der Waals surface area contributed by atoms with E-state index in [2.05, 4.69) is 10.4 Å². The molecule has 0 fully saturated rings. The minimum Gasteiger partial charge on any atom is -0.351 e. The van der Waals surface area contributed by atoms with Gasteiger partial charge >= 0.3 is 0 Å². The van der Waals surface area contributed by atoms with Crippen molar-refractivity contribution in [1.82, 2.24) is 15.1 Å². The molecule has 1 aromatic carbocycles. The molecule has 3 N–H and O–H groups in total. The quantitative estimate of drug-likeness (QED) is 0.902. The first-order valence-electron chi connectivity index (χ1n) is 6.32. The van der Waals surface area contributed by atoms with Crippen molar-refractivity contribution in [2.75, 3.05) is 0 Å². The maximum atomic E-state index is 12.9. The molecule has 0 radical (unpaired) electrons. The Morgan fingerprint density at radius 1 is 1.43 bits per heavy atom. The van der Waals surface area contributed by atoms with Gasteiger partial charge in [-0.15, -0.1) is 12.4 Å².